The Balaban J connectivity index is 2.52. The molecule has 1 heterocycles. The molecule has 0 aliphatic carbocycles. The van der Waals surface area contributed by atoms with Crippen LogP contribution in [-0.2, 0) is 7.05 Å². The third-order valence-electron chi connectivity index (χ3n) is 3.76. The third kappa shape index (κ3) is 1.18. The molecule has 4 heteroatoms. The number of benzene rings is 3. The number of nitrogens with one attached hydrogen (secondary N) is 1. The van der Waals surface area contributed by atoms with Crippen LogP contribution in [0.25, 0.3) is 32.6 Å². The maximum Gasteiger partial charge on any atom is 0.326 e. The zero-order chi connectivity index (χ0) is 13.1. The van der Waals surface area contributed by atoms with Crippen molar-refractivity contribution in [1.29, 1.82) is 0 Å². The van der Waals surface area contributed by atoms with Crippen molar-refractivity contribution < 1.29 is 0 Å². The van der Waals surface area contributed by atoms with E-state index >= 15 is 0 Å². The van der Waals surface area contributed by atoms with Gasteiger partial charge in [0.1, 0.15) is 0 Å². The van der Waals surface area contributed by atoms with Crippen molar-refractivity contribution in [1.82, 2.24) is 9.55 Å². The Kier molecular flexibility index (Phi) is 1.75. The van der Waals surface area contributed by atoms with E-state index in [2.05, 4.69) is 4.98 Å². The topological polar surface area (TPSA) is 54.9 Å². The van der Waals surface area contributed by atoms with Crippen LogP contribution in [-0.4, -0.2) is 9.55 Å². The van der Waals surface area contributed by atoms with Crippen LogP contribution in [0.1, 0.15) is 0 Å². The maximum absolute atomic E-state index is 12.0. The molecule has 1 aromatic heterocycles. The Morgan fingerprint density at radius 1 is 0.947 bits per heavy atom. The Bertz CT molecular complexity index is 1060. The van der Waals surface area contributed by atoms with Crippen molar-refractivity contribution in [2.75, 3.05) is 0 Å². The molecule has 0 bridgehead atoms. The van der Waals surface area contributed by atoms with Gasteiger partial charge in [0.05, 0.1) is 11.0 Å². The Morgan fingerprint density at radius 2 is 1.74 bits per heavy atom. The molecule has 19 heavy (non-hydrogen) atoms. The minimum absolute atomic E-state index is 0.00996. The van der Waals surface area contributed by atoms with Crippen LogP contribution >= 0.6 is 0 Å². The molecule has 0 fully saturated rings. The van der Waals surface area contributed by atoms with Gasteiger partial charge >= 0.3 is 5.69 Å². The number of nitrogens with zero attached hydrogens (tertiary/aromatic N) is 1. The van der Waals surface area contributed by atoms with Crippen LogP contribution in [0.5, 0.6) is 0 Å². The summed E-state index contributed by atoms with van der Waals surface area (Å²) < 4.78 is 1.57. The average Bonchev–Trinajstić information content (AvgIpc) is 2.42. The highest BCUT2D eigenvalue weighted by atomic mass is 16.1. The molecule has 0 aliphatic rings. The second-order valence-electron chi connectivity index (χ2n) is 4.77. The van der Waals surface area contributed by atoms with Crippen LogP contribution in [0.3, 0.4) is 0 Å². The number of hydrogen-bond acceptors (Lipinski definition) is 2. The fourth-order valence-electron chi connectivity index (χ4n) is 2.80. The number of aromatic amines is 1. The minimum Gasteiger partial charge on any atom is -0.307 e. The first-order chi connectivity index (χ1) is 9.16. The molecule has 0 radical (unpaired) electrons. The van der Waals surface area contributed by atoms with E-state index in [1.165, 1.54) is 0 Å². The second kappa shape index (κ2) is 3.23. The van der Waals surface area contributed by atoms with Crippen LogP contribution < -0.4 is 11.1 Å². The molecule has 0 saturated heterocycles. The molecule has 0 saturated carbocycles. The number of hydrogen-bond donors (Lipinski definition) is 1. The summed E-state index contributed by atoms with van der Waals surface area (Å²) in [5.41, 5.74) is 1.45. The van der Waals surface area contributed by atoms with Crippen molar-refractivity contribution in [2.45, 2.75) is 0 Å². The summed E-state index contributed by atoms with van der Waals surface area (Å²) in [6.07, 6.45) is 0. The van der Waals surface area contributed by atoms with E-state index < -0.39 is 0 Å². The quantitative estimate of drug-likeness (QED) is 0.485. The monoisotopic (exact) mass is 250 g/mol. The summed E-state index contributed by atoms with van der Waals surface area (Å²) in [6, 6.07) is 10.9. The average molecular weight is 250 g/mol. The van der Waals surface area contributed by atoms with Gasteiger partial charge in [0.15, 0.2) is 5.43 Å². The van der Waals surface area contributed by atoms with Gasteiger partial charge in [-0.15, -0.1) is 0 Å². The van der Waals surface area contributed by atoms with Crippen molar-refractivity contribution in [3.8, 4) is 0 Å². The van der Waals surface area contributed by atoms with E-state index in [0.717, 1.165) is 27.2 Å². The van der Waals surface area contributed by atoms with Crippen LogP contribution in [0.4, 0.5) is 0 Å². The molecule has 0 spiro atoms. The van der Waals surface area contributed by atoms with Gasteiger partial charge in [-0.25, -0.2) is 4.79 Å². The van der Waals surface area contributed by atoms with Gasteiger partial charge in [-0.05, 0) is 29.7 Å². The Hall–Kier alpha value is -2.62. The lowest BCUT2D eigenvalue weighted by atomic mass is 9.98. The molecule has 4 aromatic rings. The highest BCUT2D eigenvalue weighted by Gasteiger charge is 2.12. The number of aryl methyl sites for hydroxylation is 1. The lowest BCUT2D eigenvalue weighted by molar-refractivity contribution is 0.862. The van der Waals surface area contributed by atoms with E-state index in [0.29, 0.717) is 5.39 Å². The van der Waals surface area contributed by atoms with Crippen molar-refractivity contribution in [3.05, 3.63) is 57.1 Å². The highest BCUT2D eigenvalue weighted by molar-refractivity contribution is 6.21. The SMILES string of the molecule is Cn1c(=O)[nH]c2ccc3c(=O)ccc4ccc1c2c43. The van der Waals surface area contributed by atoms with Crippen LogP contribution in [0.15, 0.2) is 46.0 Å². The summed E-state index contributed by atoms with van der Waals surface area (Å²) in [7, 11) is 1.73. The number of H-pyrrole nitrogens is 1. The molecule has 4 rings (SSSR count). The Labute approximate surface area is 107 Å². The van der Waals surface area contributed by atoms with Gasteiger partial charge in [0, 0.05) is 23.2 Å². The maximum atomic E-state index is 12.0. The largest absolute Gasteiger partial charge is 0.326 e. The zero-order valence-corrected chi connectivity index (χ0v) is 10.2. The lowest BCUT2D eigenvalue weighted by Crippen LogP contribution is -2.20. The molecule has 0 amide bonds. The summed E-state index contributed by atoms with van der Waals surface area (Å²) in [5, 5.41) is 3.58. The predicted octanol–water partition coefficient (Wildman–Crippen LogP) is 1.97. The smallest absolute Gasteiger partial charge is 0.307 e. The Morgan fingerprint density at radius 3 is 2.58 bits per heavy atom. The van der Waals surface area contributed by atoms with Crippen LogP contribution in [0.2, 0.25) is 0 Å². The summed E-state index contributed by atoms with van der Waals surface area (Å²) >= 11 is 0. The van der Waals surface area contributed by atoms with Gasteiger partial charge < -0.3 is 4.98 Å². The normalized spacial score (nSPS) is 11.8. The summed E-state index contributed by atoms with van der Waals surface area (Å²) in [6.45, 7) is 0. The van der Waals surface area contributed by atoms with Gasteiger partial charge in [-0.2, -0.15) is 0 Å². The van der Waals surface area contributed by atoms with E-state index in [9.17, 15) is 9.59 Å². The standard InChI is InChI=1S/C15H10N2O2/c1-17-11-6-2-8-3-7-12(18)9-4-5-10(16-15(17)19)14(11)13(8)9/h2-7H,1H3,(H,16,19). The molecular weight excluding hydrogens is 240 g/mol. The van der Waals surface area contributed by atoms with Gasteiger partial charge in [0.25, 0.3) is 0 Å². The zero-order valence-electron chi connectivity index (χ0n) is 10.2. The fraction of sp³-hybridized carbons (Fsp3) is 0.0667. The van der Waals surface area contributed by atoms with Gasteiger partial charge in [-0.1, -0.05) is 12.1 Å². The second-order valence-corrected chi connectivity index (χ2v) is 4.77. The summed E-state index contributed by atoms with van der Waals surface area (Å²) in [4.78, 5) is 26.7. The van der Waals surface area contributed by atoms with Gasteiger partial charge in [-0.3, -0.25) is 9.36 Å². The molecule has 1 N–H and O–H groups in total. The van der Waals surface area contributed by atoms with Crippen molar-refractivity contribution in [3.63, 3.8) is 0 Å². The lowest BCUT2D eigenvalue weighted by Gasteiger charge is -2.12. The van der Waals surface area contributed by atoms with E-state index in [4.69, 9.17) is 0 Å². The fourth-order valence-corrected chi connectivity index (χ4v) is 2.80. The number of rotatable bonds is 0. The molecule has 92 valence electrons. The van der Waals surface area contributed by atoms with E-state index in [1.54, 1.807) is 29.8 Å². The summed E-state index contributed by atoms with van der Waals surface area (Å²) in [5.74, 6) is 0. The third-order valence-corrected chi connectivity index (χ3v) is 3.76. The number of aromatic nitrogens is 2. The predicted molar refractivity (Wildman–Crippen MR) is 76.0 cm³/mol. The first-order valence-electron chi connectivity index (χ1n) is 6.03. The first-order valence-corrected chi connectivity index (χ1v) is 6.03. The molecule has 0 atom stereocenters. The van der Waals surface area contributed by atoms with E-state index in [-0.39, 0.29) is 11.1 Å². The molecular formula is C15H10N2O2. The first kappa shape index (κ1) is 10.3. The van der Waals surface area contributed by atoms with Gasteiger partial charge in [0.2, 0.25) is 0 Å². The van der Waals surface area contributed by atoms with Crippen molar-refractivity contribution >= 4 is 32.6 Å². The molecule has 0 unspecified atom stereocenters. The molecule has 0 aliphatic heterocycles. The van der Waals surface area contributed by atoms with Crippen LogP contribution in [0, 0.1) is 0 Å². The molecule has 4 nitrogen and oxygen atoms in total. The minimum atomic E-state index is -0.159. The van der Waals surface area contributed by atoms with E-state index in [1.807, 2.05) is 18.2 Å². The van der Waals surface area contributed by atoms with Crippen molar-refractivity contribution in [2.24, 2.45) is 7.05 Å². The highest BCUT2D eigenvalue weighted by Crippen LogP contribution is 2.30. The molecule has 3 aromatic carbocycles.